The summed E-state index contributed by atoms with van der Waals surface area (Å²) in [7, 11) is 0. The van der Waals surface area contributed by atoms with Crippen LogP contribution in [0.25, 0.3) is 0 Å². The van der Waals surface area contributed by atoms with E-state index in [1.165, 1.54) is 36.1 Å². The summed E-state index contributed by atoms with van der Waals surface area (Å²) in [6.07, 6.45) is 6.02. The Morgan fingerprint density at radius 1 is 1.13 bits per heavy atom. The van der Waals surface area contributed by atoms with Gasteiger partial charge in [-0.1, -0.05) is 30.2 Å². The predicted molar refractivity (Wildman–Crippen MR) is 125 cm³/mol. The minimum Gasteiger partial charge on any atom is -0.462 e. The molecule has 4 nitrogen and oxygen atoms in total. The lowest BCUT2D eigenvalue weighted by Gasteiger charge is -2.46. The van der Waals surface area contributed by atoms with Crippen LogP contribution in [0.1, 0.15) is 57.1 Å². The summed E-state index contributed by atoms with van der Waals surface area (Å²) in [5.74, 6) is 0.483. The van der Waals surface area contributed by atoms with Crippen molar-refractivity contribution in [2.24, 2.45) is 17.3 Å². The Balaban J connectivity index is 1.25. The first kappa shape index (κ1) is 21.1. The molecular formula is C27H38N2O2. The summed E-state index contributed by atoms with van der Waals surface area (Å²) in [4.78, 5) is 17.9. The summed E-state index contributed by atoms with van der Waals surface area (Å²) in [6.45, 7) is 14.1. The number of ether oxygens (including phenoxy) is 1. The van der Waals surface area contributed by atoms with E-state index in [2.05, 4.69) is 55.7 Å². The number of anilines is 1. The highest BCUT2D eigenvalue weighted by Gasteiger charge is 2.53. The Morgan fingerprint density at radius 2 is 1.90 bits per heavy atom. The molecule has 0 radical (unpaired) electrons. The number of piperazine rings is 1. The van der Waals surface area contributed by atoms with Crippen LogP contribution in [0.3, 0.4) is 0 Å². The number of allylic oxidation sites excluding steroid dienone is 2. The third kappa shape index (κ3) is 3.71. The minimum atomic E-state index is 0.0454. The Bertz CT molecular complexity index is 898. The standard InChI is InChI=1S/C27H38N2O2/c1-18-7-5-9-24(20(18)3)29-13-11-28(12-14-29)17-22-21-15-23-19(2)8-6-10-27(23,4)16-25(21)31-26(22)30/h5,7,9,21-22,25H,6,8,10-17H2,1-4H3. The molecule has 2 aliphatic carbocycles. The topological polar surface area (TPSA) is 32.8 Å². The van der Waals surface area contributed by atoms with Gasteiger partial charge in [-0.2, -0.15) is 0 Å². The van der Waals surface area contributed by atoms with E-state index < -0.39 is 0 Å². The van der Waals surface area contributed by atoms with Gasteiger partial charge in [0.1, 0.15) is 6.10 Å². The monoisotopic (exact) mass is 422 g/mol. The molecule has 5 rings (SSSR count). The van der Waals surface area contributed by atoms with E-state index in [-0.39, 0.29) is 23.4 Å². The maximum Gasteiger partial charge on any atom is 0.310 e. The Labute approximate surface area is 187 Å². The number of rotatable bonds is 3. The third-order valence-corrected chi connectivity index (χ3v) is 8.92. The second-order valence-corrected chi connectivity index (χ2v) is 10.8. The van der Waals surface area contributed by atoms with Crippen LogP contribution in [0.15, 0.2) is 29.3 Å². The number of carbonyl (C=O) groups excluding carboxylic acids is 1. The first-order valence-electron chi connectivity index (χ1n) is 12.3. The Hall–Kier alpha value is -1.81. The van der Waals surface area contributed by atoms with Gasteiger partial charge < -0.3 is 9.64 Å². The number of fused-ring (bicyclic) bond motifs is 2. The van der Waals surface area contributed by atoms with Gasteiger partial charge >= 0.3 is 5.97 Å². The fourth-order valence-electron chi connectivity index (χ4n) is 6.85. The molecule has 1 aromatic carbocycles. The van der Waals surface area contributed by atoms with Crippen LogP contribution < -0.4 is 4.90 Å². The fourth-order valence-corrected chi connectivity index (χ4v) is 6.85. The van der Waals surface area contributed by atoms with Crippen LogP contribution in [0, 0.1) is 31.1 Å². The van der Waals surface area contributed by atoms with E-state index in [1.54, 1.807) is 11.1 Å². The molecule has 4 heteroatoms. The SMILES string of the molecule is CC1=C2CC3C(CC2(C)CCC1)OC(=O)C3CN1CCN(c2cccc(C)c2C)CC1. The Morgan fingerprint density at radius 3 is 2.68 bits per heavy atom. The molecule has 2 aliphatic heterocycles. The van der Waals surface area contributed by atoms with Crippen molar-refractivity contribution in [2.45, 2.75) is 65.9 Å². The van der Waals surface area contributed by atoms with Crippen molar-refractivity contribution in [1.29, 1.82) is 0 Å². The van der Waals surface area contributed by atoms with Gasteiger partial charge in [-0.15, -0.1) is 0 Å². The molecule has 31 heavy (non-hydrogen) atoms. The van der Waals surface area contributed by atoms with Crippen LogP contribution in [0.5, 0.6) is 0 Å². The molecular weight excluding hydrogens is 384 g/mol. The number of aryl methyl sites for hydroxylation is 1. The van der Waals surface area contributed by atoms with E-state index in [0.29, 0.717) is 5.92 Å². The lowest BCUT2D eigenvalue weighted by atomic mass is 9.59. The van der Waals surface area contributed by atoms with Crippen molar-refractivity contribution in [3.8, 4) is 0 Å². The van der Waals surface area contributed by atoms with E-state index in [0.717, 1.165) is 45.6 Å². The van der Waals surface area contributed by atoms with E-state index in [9.17, 15) is 4.79 Å². The molecule has 4 atom stereocenters. The molecule has 3 fully saturated rings. The fraction of sp³-hybridized carbons (Fsp3) is 0.667. The number of esters is 1. The van der Waals surface area contributed by atoms with Gasteiger partial charge in [0.15, 0.2) is 0 Å². The van der Waals surface area contributed by atoms with Crippen LogP contribution in [0.4, 0.5) is 5.69 Å². The normalized spacial score (nSPS) is 33.9. The molecule has 0 aromatic heterocycles. The van der Waals surface area contributed by atoms with Gasteiger partial charge in [0.2, 0.25) is 0 Å². The van der Waals surface area contributed by atoms with Crippen LogP contribution >= 0.6 is 0 Å². The molecule has 4 unspecified atom stereocenters. The van der Waals surface area contributed by atoms with E-state index in [4.69, 9.17) is 4.74 Å². The van der Waals surface area contributed by atoms with Gasteiger partial charge in [-0.25, -0.2) is 0 Å². The van der Waals surface area contributed by atoms with Crippen LogP contribution in [0.2, 0.25) is 0 Å². The second-order valence-electron chi connectivity index (χ2n) is 10.8. The number of carbonyl (C=O) groups is 1. The zero-order chi connectivity index (χ0) is 21.8. The molecule has 168 valence electrons. The minimum absolute atomic E-state index is 0.0454. The maximum absolute atomic E-state index is 12.9. The summed E-state index contributed by atoms with van der Waals surface area (Å²) < 4.78 is 5.99. The number of benzene rings is 1. The molecule has 0 bridgehead atoms. The Kier molecular flexibility index (Phi) is 5.40. The van der Waals surface area contributed by atoms with Gasteiger partial charge in [0, 0.05) is 44.3 Å². The molecule has 1 aromatic rings. The predicted octanol–water partition coefficient (Wildman–Crippen LogP) is 4.88. The smallest absolute Gasteiger partial charge is 0.310 e. The van der Waals surface area contributed by atoms with Gasteiger partial charge in [-0.3, -0.25) is 9.69 Å². The second kappa shape index (κ2) is 7.95. The van der Waals surface area contributed by atoms with Gasteiger partial charge in [-0.05, 0) is 75.5 Å². The zero-order valence-electron chi connectivity index (χ0n) is 19.7. The maximum atomic E-state index is 12.9. The zero-order valence-corrected chi connectivity index (χ0v) is 19.7. The van der Waals surface area contributed by atoms with E-state index in [1.807, 2.05) is 0 Å². The largest absolute Gasteiger partial charge is 0.462 e. The highest BCUT2D eigenvalue weighted by atomic mass is 16.6. The molecule has 0 N–H and O–H groups in total. The first-order chi connectivity index (χ1) is 14.9. The van der Waals surface area contributed by atoms with Crippen molar-refractivity contribution < 1.29 is 9.53 Å². The van der Waals surface area contributed by atoms with E-state index >= 15 is 0 Å². The summed E-state index contributed by atoms with van der Waals surface area (Å²) in [5.41, 5.74) is 7.62. The molecule has 0 amide bonds. The lowest BCUT2D eigenvalue weighted by Crippen LogP contribution is -2.49. The molecule has 4 aliphatic rings. The quantitative estimate of drug-likeness (QED) is 0.513. The molecule has 1 saturated carbocycles. The molecule has 2 heterocycles. The van der Waals surface area contributed by atoms with Gasteiger partial charge in [0.25, 0.3) is 0 Å². The third-order valence-electron chi connectivity index (χ3n) is 8.92. The number of hydrogen-bond donors (Lipinski definition) is 0. The highest BCUT2D eigenvalue weighted by molar-refractivity contribution is 5.76. The van der Waals surface area contributed by atoms with Gasteiger partial charge in [0.05, 0.1) is 5.92 Å². The highest BCUT2D eigenvalue weighted by Crippen LogP contribution is 2.55. The molecule has 0 spiro atoms. The average Bonchev–Trinajstić information content (AvgIpc) is 3.03. The first-order valence-corrected chi connectivity index (χ1v) is 12.3. The summed E-state index contributed by atoms with van der Waals surface area (Å²) >= 11 is 0. The average molecular weight is 423 g/mol. The summed E-state index contributed by atoms with van der Waals surface area (Å²) in [6, 6.07) is 6.60. The van der Waals surface area contributed by atoms with Crippen LogP contribution in [-0.4, -0.2) is 49.7 Å². The lowest BCUT2D eigenvalue weighted by molar-refractivity contribution is -0.145. The summed E-state index contributed by atoms with van der Waals surface area (Å²) in [5, 5.41) is 0. The van der Waals surface area contributed by atoms with Crippen molar-refractivity contribution in [3.05, 3.63) is 40.5 Å². The molecule has 2 saturated heterocycles. The van der Waals surface area contributed by atoms with Crippen LogP contribution in [-0.2, 0) is 9.53 Å². The number of hydrogen-bond acceptors (Lipinski definition) is 4. The van der Waals surface area contributed by atoms with Crippen molar-refractivity contribution >= 4 is 11.7 Å². The van der Waals surface area contributed by atoms with Crippen molar-refractivity contribution in [3.63, 3.8) is 0 Å². The van der Waals surface area contributed by atoms with Crippen molar-refractivity contribution in [1.82, 2.24) is 4.90 Å². The van der Waals surface area contributed by atoms with Crippen molar-refractivity contribution in [2.75, 3.05) is 37.6 Å². The number of nitrogens with zero attached hydrogens (tertiary/aromatic N) is 2.